The van der Waals surface area contributed by atoms with E-state index in [1.165, 1.54) is 20.3 Å². The van der Waals surface area contributed by atoms with Gasteiger partial charge in [-0.3, -0.25) is 0 Å². The highest BCUT2D eigenvalue weighted by Gasteiger charge is 2.29. The second-order valence-corrected chi connectivity index (χ2v) is 4.08. The van der Waals surface area contributed by atoms with Gasteiger partial charge in [0.1, 0.15) is 0 Å². The number of aliphatic hydroxyl groups is 1. The molecule has 0 unspecified atom stereocenters. The molecule has 0 amide bonds. The molecule has 0 aliphatic rings. The molecule has 1 N–H and O–H groups in total. The summed E-state index contributed by atoms with van der Waals surface area (Å²) in [5, 5.41) is 8.81. The van der Waals surface area contributed by atoms with Crippen LogP contribution in [0.25, 0.3) is 0 Å². The van der Waals surface area contributed by atoms with E-state index in [9.17, 15) is 8.78 Å². The number of halogens is 2. The van der Waals surface area contributed by atoms with Crippen molar-refractivity contribution in [2.45, 2.75) is 25.7 Å². The van der Waals surface area contributed by atoms with Gasteiger partial charge in [-0.1, -0.05) is 0 Å². The summed E-state index contributed by atoms with van der Waals surface area (Å²) in [5.74, 6) is -2.26. The summed E-state index contributed by atoms with van der Waals surface area (Å²) in [6, 6.07) is 2.84. The van der Waals surface area contributed by atoms with E-state index in [0.29, 0.717) is 24.2 Å². The molecule has 0 bridgehead atoms. The summed E-state index contributed by atoms with van der Waals surface area (Å²) < 4.78 is 37.2. The highest BCUT2D eigenvalue weighted by molar-refractivity contribution is 5.48. The summed E-state index contributed by atoms with van der Waals surface area (Å²) >= 11 is 0. The summed E-state index contributed by atoms with van der Waals surface area (Å²) in [6.07, 6.45) is 0.800. The van der Waals surface area contributed by atoms with Crippen molar-refractivity contribution in [3.63, 3.8) is 0 Å². The van der Waals surface area contributed by atoms with Gasteiger partial charge in [0, 0.05) is 19.1 Å². The third kappa shape index (κ3) is 3.32. The lowest BCUT2D eigenvalue weighted by molar-refractivity contribution is 0.0162. The predicted molar refractivity (Wildman–Crippen MR) is 64.5 cm³/mol. The van der Waals surface area contributed by atoms with Crippen molar-refractivity contribution in [3.05, 3.63) is 23.3 Å². The minimum atomic E-state index is -2.95. The number of rotatable bonds is 6. The highest BCUT2D eigenvalue weighted by Crippen LogP contribution is 2.38. The fourth-order valence-corrected chi connectivity index (χ4v) is 1.81. The zero-order valence-electron chi connectivity index (χ0n) is 10.8. The lowest BCUT2D eigenvalue weighted by Crippen LogP contribution is -2.12. The van der Waals surface area contributed by atoms with Crippen molar-refractivity contribution in [2.24, 2.45) is 0 Å². The molecule has 5 heteroatoms. The van der Waals surface area contributed by atoms with Crippen molar-refractivity contribution >= 4 is 0 Å². The van der Waals surface area contributed by atoms with Gasteiger partial charge in [-0.15, -0.1) is 0 Å². The zero-order valence-corrected chi connectivity index (χ0v) is 10.8. The van der Waals surface area contributed by atoms with Crippen LogP contribution in [-0.4, -0.2) is 25.9 Å². The first-order valence-electron chi connectivity index (χ1n) is 5.68. The summed E-state index contributed by atoms with van der Waals surface area (Å²) in [4.78, 5) is 0. The molecule has 1 aromatic rings. The number of methoxy groups -OCH3 is 2. The third-order valence-corrected chi connectivity index (χ3v) is 2.69. The lowest BCUT2D eigenvalue weighted by atomic mass is 9.98. The first kappa shape index (κ1) is 14.7. The van der Waals surface area contributed by atoms with Crippen molar-refractivity contribution in [1.29, 1.82) is 0 Å². The van der Waals surface area contributed by atoms with Gasteiger partial charge < -0.3 is 14.6 Å². The topological polar surface area (TPSA) is 38.7 Å². The molecule has 0 aliphatic heterocycles. The quantitative estimate of drug-likeness (QED) is 0.854. The number of alkyl halides is 2. The molecule has 1 aromatic carbocycles. The van der Waals surface area contributed by atoms with E-state index in [2.05, 4.69) is 0 Å². The molecule has 0 saturated carbocycles. The highest BCUT2D eigenvalue weighted by atomic mass is 19.3. The first-order valence-corrected chi connectivity index (χ1v) is 5.68. The molecule has 0 radical (unpaired) electrons. The van der Waals surface area contributed by atoms with Gasteiger partial charge in [0.05, 0.1) is 14.2 Å². The van der Waals surface area contributed by atoms with Crippen molar-refractivity contribution in [2.75, 3.05) is 20.8 Å². The van der Waals surface area contributed by atoms with Gasteiger partial charge in [-0.25, -0.2) is 8.78 Å². The fourth-order valence-electron chi connectivity index (χ4n) is 1.81. The standard InChI is InChI=1S/C13H18F2O3/c1-13(14,15)10-8-12(18-3)11(17-2)7-9(10)5-4-6-16/h7-8,16H,4-6H2,1-3H3. The van der Waals surface area contributed by atoms with Crippen LogP contribution in [0.3, 0.4) is 0 Å². The number of hydrogen-bond donors (Lipinski definition) is 1. The van der Waals surface area contributed by atoms with Crippen molar-refractivity contribution < 1.29 is 23.4 Å². The minimum Gasteiger partial charge on any atom is -0.493 e. The van der Waals surface area contributed by atoms with Crippen LogP contribution in [-0.2, 0) is 12.3 Å². The maximum absolute atomic E-state index is 13.5. The fraction of sp³-hybridized carbons (Fsp3) is 0.538. The molecule has 0 saturated heterocycles. The van der Waals surface area contributed by atoms with Crippen LogP contribution in [0.2, 0.25) is 0 Å². The number of hydrogen-bond acceptors (Lipinski definition) is 3. The molecular formula is C13H18F2O3. The number of benzene rings is 1. The molecule has 0 aliphatic carbocycles. The molecule has 102 valence electrons. The molecular weight excluding hydrogens is 242 g/mol. The van der Waals surface area contributed by atoms with E-state index in [0.717, 1.165) is 6.92 Å². The van der Waals surface area contributed by atoms with E-state index in [4.69, 9.17) is 14.6 Å². The van der Waals surface area contributed by atoms with Gasteiger partial charge >= 0.3 is 0 Å². The lowest BCUT2D eigenvalue weighted by Gasteiger charge is -2.19. The zero-order chi connectivity index (χ0) is 13.8. The first-order chi connectivity index (χ1) is 8.43. The molecule has 18 heavy (non-hydrogen) atoms. The monoisotopic (exact) mass is 260 g/mol. The molecule has 0 spiro atoms. The van der Waals surface area contributed by atoms with Gasteiger partial charge in [-0.05, 0) is 30.5 Å². The average Bonchev–Trinajstić information content (AvgIpc) is 2.33. The van der Waals surface area contributed by atoms with E-state index in [1.807, 2.05) is 0 Å². The Morgan fingerprint density at radius 1 is 1.17 bits per heavy atom. The van der Waals surface area contributed by atoms with E-state index >= 15 is 0 Å². The summed E-state index contributed by atoms with van der Waals surface area (Å²) in [6.45, 7) is 0.805. The molecule has 3 nitrogen and oxygen atoms in total. The molecule has 0 aromatic heterocycles. The van der Waals surface area contributed by atoms with Crippen LogP contribution in [0, 0.1) is 0 Å². The van der Waals surface area contributed by atoms with E-state index in [1.54, 1.807) is 6.07 Å². The van der Waals surface area contributed by atoms with Crippen LogP contribution in [0.15, 0.2) is 12.1 Å². The maximum Gasteiger partial charge on any atom is 0.270 e. The summed E-state index contributed by atoms with van der Waals surface area (Å²) in [7, 11) is 2.86. The smallest absolute Gasteiger partial charge is 0.270 e. The van der Waals surface area contributed by atoms with E-state index in [-0.39, 0.29) is 17.9 Å². The van der Waals surface area contributed by atoms with Crippen LogP contribution >= 0.6 is 0 Å². The van der Waals surface area contributed by atoms with Gasteiger partial charge in [-0.2, -0.15) is 0 Å². The minimum absolute atomic E-state index is 0.0386. The van der Waals surface area contributed by atoms with E-state index < -0.39 is 5.92 Å². The third-order valence-electron chi connectivity index (χ3n) is 2.69. The largest absolute Gasteiger partial charge is 0.493 e. The Kier molecular flexibility index (Phi) is 4.90. The Bertz CT molecular complexity index is 400. The normalized spacial score (nSPS) is 11.4. The predicted octanol–water partition coefficient (Wildman–Crippen LogP) is 2.74. The maximum atomic E-state index is 13.5. The molecule has 0 fully saturated rings. The Labute approximate surface area is 105 Å². The van der Waals surface area contributed by atoms with Crippen LogP contribution in [0.4, 0.5) is 8.78 Å². The number of ether oxygens (including phenoxy) is 2. The van der Waals surface area contributed by atoms with Crippen LogP contribution in [0.5, 0.6) is 11.5 Å². The Morgan fingerprint density at radius 2 is 1.72 bits per heavy atom. The Balaban J connectivity index is 3.27. The second kappa shape index (κ2) is 6.00. The van der Waals surface area contributed by atoms with Crippen molar-refractivity contribution in [1.82, 2.24) is 0 Å². The number of aryl methyl sites for hydroxylation is 1. The Morgan fingerprint density at radius 3 is 2.17 bits per heavy atom. The summed E-state index contributed by atoms with van der Waals surface area (Å²) in [5.41, 5.74) is 0.378. The molecule has 0 atom stereocenters. The Hall–Kier alpha value is -1.36. The SMILES string of the molecule is COc1cc(CCCO)c(C(C)(F)F)cc1OC. The van der Waals surface area contributed by atoms with Crippen molar-refractivity contribution in [3.8, 4) is 11.5 Å². The van der Waals surface area contributed by atoms with Crippen LogP contribution < -0.4 is 9.47 Å². The van der Waals surface area contributed by atoms with Crippen LogP contribution in [0.1, 0.15) is 24.5 Å². The molecule has 1 rings (SSSR count). The molecule has 0 heterocycles. The average molecular weight is 260 g/mol. The van der Waals surface area contributed by atoms with Gasteiger partial charge in [0.2, 0.25) is 0 Å². The second-order valence-electron chi connectivity index (χ2n) is 4.08. The van der Waals surface area contributed by atoms with Gasteiger partial charge in [0.15, 0.2) is 11.5 Å². The van der Waals surface area contributed by atoms with Gasteiger partial charge in [0.25, 0.3) is 5.92 Å². The number of aliphatic hydroxyl groups excluding tert-OH is 1.